The molecule has 9 nitrogen and oxygen atoms in total. The number of esters is 1. The van der Waals surface area contributed by atoms with Crippen molar-refractivity contribution in [2.45, 2.75) is 39.0 Å². The number of carbonyl (C=O) groups excluding carboxylic acids is 1. The van der Waals surface area contributed by atoms with Gasteiger partial charge in [0.15, 0.2) is 0 Å². The largest absolute Gasteiger partial charge is 0.459 e. The lowest BCUT2D eigenvalue weighted by molar-refractivity contribution is 0.0379. The summed E-state index contributed by atoms with van der Waals surface area (Å²) >= 11 is 0. The molecule has 0 amide bonds. The lowest BCUT2D eigenvalue weighted by atomic mass is 10.0. The van der Waals surface area contributed by atoms with Crippen LogP contribution in [0.5, 0.6) is 0 Å². The second-order valence-electron chi connectivity index (χ2n) is 6.25. The highest BCUT2D eigenvalue weighted by atomic mass is 32.2. The van der Waals surface area contributed by atoms with E-state index in [1.807, 2.05) is 6.92 Å². The first-order valence-electron chi connectivity index (χ1n) is 8.20. The van der Waals surface area contributed by atoms with E-state index in [0.29, 0.717) is 5.56 Å². The van der Waals surface area contributed by atoms with Crippen LogP contribution in [0.3, 0.4) is 0 Å². The molecule has 1 aromatic carbocycles. The first-order valence-corrected chi connectivity index (χ1v) is 9.69. The maximum Gasteiger partial charge on any atom is 0.340 e. The Hall–Kier alpha value is -3.01. The van der Waals surface area contributed by atoms with E-state index < -0.39 is 21.1 Å². The van der Waals surface area contributed by atoms with Crippen molar-refractivity contribution in [3.63, 3.8) is 0 Å². The Kier molecular flexibility index (Phi) is 4.83. The van der Waals surface area contributed by atoms with Gasteiger partial charge >= 0.3 is 5.97 Å². The fourth-order valence-electron chi connectivity index (χ4n) is 2.40. The summed E-state index contributed by atoms with van der Waals surface area (Å²) in [4.78, 5) is 20.3. The monoisotopic (exact) mass is 389 g/mol. The van der Waals surface area contributed by atoms with Gasteiger partial charge in [-0.3, -0.25) is 4.72 Å². The second kappa shape index (κ2) is 6.95. The zero-order valence-electron chi connectivity index (χ0n) is 15.3. The number of aromatic nitrogens is 4. The molecular formula is C17H19N5O4S. The van der Waals surface area contributed by atoms with Crippen molar-refractivity contribution in [1.82, 2.24) is 19.6 Å². The smallest absolute Gasteiger partial charge is 0.340 e. The third-order valence-electron chi connectivity index (χ3n) is 3.87. The maximum absolute atomic E-state index is 12.8. The molecule has 3 rings (SSSR count). The van der Waals surface area contributed by atoms with Crippen molar-refractivity contribution in [3.05, 3.63) is 47.3 Å². The van der Waals surface area contributed by atoms with Crippen molar-refractivity contribution in [2.24, 2.45) is 0 Å². The number of aryl methyl sites for hydroxylation is 1. The Morgan fingerprint density at radius 1 is 1.26 bits per heavy atom. The molecule has 0 aliphatic carbocycles. The SMILES string of the molecule is Cc1ccc(C(=O)OC(C)C)c(NS(=O)(=O)c2nc3ncccn3n2)c1C. The third kappa shape index (κ3) is 3.75. The molecule has 142 valence electrons. The van der Waals surface area contributed by atoms with E-state index in [1.54, 1.807) is 32.9 Å². The van der Waals surface area contributed by atoms with Gasteiger partial charge in [0.05, 0.1) is 17.4 Å². The van der Waals surface area contributed by atoms with E-state index in [4.69, 9.17) is 4.74 Å². The number of nitrogens with one attached hydrogen (secondary N) is 1. The Balaban J connectivity index is 2.05. The normalized spacial score (nSPS) is 11.7. The highest BCUT2D eigenvalue weighted by Crippen LogP contribution is 2.27. The summed E-state index contributed by atoms with van der Waals surface area (Å²) in [6.07, 6.45) is 2.69. The predicted molar refractivity (Wildman–Crippen MR) is 98.1 cm³/mol. The van der Waals surface area contributed by atoms with Gasteiger partial charge in [-0.05, 0) is 51.0 Å². The summed E-state index contributed by atoms with van der Waals surface area (Å²) in [6, 6.07) is 4.87. The molecular weight excluding hydrogens is 370 g/mol. The number of sulfonamides is 1. The zero-order chi connectivity index (χ0) is 19.8. The number of carbonyl (C=O) groups is 1. The van der Waals surface area contributed by atoms with Crippen LogP contribution >= 0.6 is 0 Å². The summed E-state index contributed by atoms with van der Waals surface area (Å²) in [5.74, 6) is -0.464. The fourth-order valence-corrected chi connectivity index (χ4v) is 3.42. The molecule has 0 aliphatic rings. The molecule has 2 aromatic heterocycles. The number of rotatable bonds is 5. The standard InChI is InChI=1S/C17H19N5O4S/c1-10(2)26-15(23)13-7-6-11(3)12(4)14(13)21-27(24,25)17-19-16-18-8-5-9-22(16)20-17/h5-10,21H,1-4H3. The van der Waals surface area contributed by atoms with E-state index in [9.17, 15) is 13.2 Å². The minimum atomic E-state index is -4.14. The summed E-state index contributed by atoms with van der Waals surface area (Å²) < 4.78 is 34.5. The molecule has 0 fully saturated rings. The lowest BCUT2D eigenvalue weighted by Crippen LogP contribution is -2.20. The van der Waals surface area contributed by atoms with Crippen LogP contribution in [0.2, 0.25) is 0 Å². The number of ether oxygens (including phenoxy) is 1. The summed E-state index contributed by atoms with van der Waals surface area (Å²) in [5, 5.41) is 3.49. The number of hydrogen-bond acceptors (Lipinski definition) is 7. The molecule has 0 atom stereocenters. The van der Waals surface area contributed by atoms with E-state index in [0.717, 1.165) is 5.56 Å². The number of anilines is 1. The first-order chi connectivity index (χ1) is 12.7. The van der Waals surface area contributed by atoms with Gasteiger partial charge in [0.25, 0.3) is 21.0 Å². The van der Waals surface area contributed by atoms with Gasteiger partial charge in [-0.1, -0.05) is 6.07 Å². The molecule has 0 radical (unpaired) electrons. The molecule has 0 bridgehead atoms. The predicted octanol–water partition coefficient (Wildman–Crippen LogP) is 2.11. The Bertz CT molecular complexity index is 1090. The van der Waals surface area contributed by atoms with Gasteiger partial charge < -0.3 is 4.74 Å². The summed E-state index contributed by atoms with van der Waals surface area (Å²) in [6.45, 7) is 6.97. The van der Waals surface area contributed by atoms with Crippen LogP contribution in [0.4, 0.5) is 5.69 Å². The van der Waals surface area contributed by atoms with Crippen LogP contribution in [0.1, 0.15) is 35.3 Å². The minimum absolute atomic E-state index is 0.122. The van der Waals surface area contributed by atoms with Crippen molar-refractivity contribution in [1.29, 1.82) is 0 Å². The molecule has 0 saturated carbocycles. The van der Waals surface area contributed by atoms with Gasteiger partial charge in [0.2, 0.25) is 0 Å². The van der Waals surface area contributed by atoms with E-state index in [2.05, 4.69) is 19.8 Å². The van der Waals surface area contributed by atoms with Crippen LogP contribution in [-0.4, -0.2) is 40.1 Å². The molecule has 1 N–H and O–H groups in total. The molecule has 27 heavy (non-hydrogen) atoms. The fraction of sp³-hybridized carbons (Fsp3) is 0.294. The average Bonchev–Trinajstić information content (AvgIpc) is 3.03. The Morgan fingerprint density at radius 3 is 2.67 bits per heavy atom. The zero-order valence-corrected chi connectivity index (χ0v) is 16.1. The quantitative estimate of drug-likeness (QED) is 0.664. The van der Waals surface area contributed by atoms with Crippen LogP contribution in [-0.2, 0) is 14.8 Å². The molecule has 0 aliphatic heterocycles. The summed E-state index contributed by atoms with van der Waals surface area (Å²) in [7, 11) is -4.14. The minimum Gasteiger partial charge on any atom is -0.459 e. The highest BCUT2D eigenvalue weighted by Gasteiger charge is 2.26. The lowest BCUT2D eigenvalue weighted by Gasteiger charge is -2.16. The average molecular weight is 389 g/mol. The number of benzene rings is 1. The topological polar surface area (TPSA) is 116 Å². The van der Waals surface area contributed by atoms with Gasteiger partial charge in [-0.2, -0.15) is 13.4 Å². The van der Waals surface area contributed by atoms with Crippen LogP contribution in [0.25, 0.3) is 5.78 Å². The molecule has 0 saturated heterocycles. The maximum atomic E-state index is 12.8. The molecule has 3 aromatic rings. The van der Waals surface area contributed by atoms with E-state index >= 15 is 0 Å². The first kappa shape index (κ1) is 18.8. The van der Waals surface area contributed by atoms with Crippen molar-refractivity contribution >= 4 is 27.5 Å². The van der Waals surface area contributed by atoms with Gasteiger partial charge in [0.1, 0.15) is 0 Å². The Labute approximate surface area is 156 Å². The third-order valence-corrected chi connectivity index (χ3v) is 5.00. The molecule has 0 unspecified atom stereocenters. The molecule has 2 heterocycles. The highest BCUT2D eigenvalue weighted by molar-refractivity contribution is 7.92. The van der Waals surface area contributed by atoms with Crippen molar-refractivity contribution < 1.29 is 17.9 Å². The van der Waals surface area contributed by atoms with Crippen LogP contribution in [0.15, 0.2) is 35.7 Å². The summed E-state index contributed by atoms with van der Waals surface area (Å²) in [5.41, 5.74) is 1.70. The number of nitrogens with zero attached hydrogens (tertiary/aromatic N) is 4. The number of hydrogen-bond donors (Lipinski definition) is 1. The van der Waals surface area contributed by atoms with Gasteiger partial charge in [0, 0.05) is 12.4 Å². The van der Waals surface area contributed by atoms with E-state index in [-0.39, 0.29) is 23.1 Å². The van der Waals surface area contributed by atoms with Crippen LogP contribution < -0.4 is 4.72 Å². The number of fused-ring (bicyclic) bond motifs is 1. The molecule has 10 heteroatoms. The van der Waals surface area contributed by atoms with Gasteiger partial charge in [-0.15, -0.1) is 5.10 Å². The van der Waals surface area contributed by atoms with Crippen molar-refractivity contribution in [2.75, 3.05) is 4.72 Å². The van der Waals surface area contributed by atoms with Crippen LogP contribution in [0, 0.1) is 13.8 Å². The second-order valence-corrected chi connectivity index (χ2v) is 7.82. The van der Waals surface area contributed by atoms with E-state index in [1.165, 1.54) is 23.0 Å². The Morgan fingerprint density at radius 2 is 2.00 bits per heavy atom. The molecule has 0 spiro atoms. The van der Waals surface area contributed by atoms with Crippen molar-refractivity contribution in [3.8, 4) is 0 Å². The van der Waals surface area contributed by atoms with Gasteiger partial charge in [-0.25, -0.2) is 14.3 Å².